The molecule has 2 N–H and O–H groups in total. The second kappa shape index (κ2) is 13.4. The molecule has 47 heavy (non-hydrogen) atoms. The second-order valence-electron chi connectivity index (χ2n) is 16.0. The maximum atomic E-state index is 7.36. The third-order valence-corrected chi connectivity index (χ3v) is 20.6. The van der Waals surface area contributed by atoms with Crippen LogP contribution in [0, 0.1) is 6.92 Å². The quantitative estimate of drug-likeness (QED) is 0.166. The Bertz CT molecular complexity index is 1680. The van der Waals surface area contributed by atoms with Gasteiger partial charge in [-0.25, -0.2) is 9.97 Å². The average Bonchev–Trinajstić information content (AvgIpc) is 3.55. The summed E-state index contributed by atoms with van der Waals surface area (Å²) in [6.45, 7) is 25.2. The molecule has 1 aliphatic rings. The van der Waals surface area contributed by atoms with E-state index in [2.05, 4.69) is 138 Å². The Morgan fingerprint density at radius 1 is 0.851 bits per heavy atom. The van der Waals surface area contributed by atoms with Crippen LogP contribution < -0.4 is 5.73 Å². The molecule has 0 bridgehead atoms. The fourth-order valence-electron chi connectivity index (χ4n) is 5.62. The lowest BCUT2D eigenvalue weighted by Crippen LogP contribution is -2.53. The molecule has 1 aliphatic heterocycles. The molecule has 2 aromatic carbocycles. The Kier molecular flexibility index (Phi) is 10.2. The summed E-state index contributed by atoms with van der Waals surface area (Å²) in [6, 6.07) is 19.2. The van der Waals surface area contributed by atoms with E-state index in [0.717, 1.165) is 22.5 Å². The number of fused-ring (bicyclic) bond motifs is 1. The molecule has 5 rings (SSSR count). The predicted octanol–water partition coefficient (Wildman–Crippen LogP) is 9.60. The van der Waals surface area contributed by atoms with Crippen molar-refractivity contribution in [2.45, 2.75) is 115 Å². The molecule has 0 radical (unpaired) electrons. The molecule has 254 valence electrons. The minimum Gasteiger partial charge on any atom is -0.408 e. The number of hydrogen-bond donors (Lipinski definition) is 1. The van der Waals surface area contributed by atoms with Gasteiger partial charge in [0, 0.05) is 17.7 Å². The summed E-state index contributed by atoms with van der Waals surface area (Å²) >= 11 is 1.91. The monoisotopic (exact) mass is 690 g/mol. The third kappa shape index (κ3) is 7.43. The molecule has 0 saturated carbocycles. The van der Waals surface area contributed by atoms with Gasteiger partial charge in [0.05, 0.1) is 11.5 Å². The number of aryl methyl sites for hydroxylation is 1. The number of nitrogens with two attached hydrogens (primary N) is 1. The number of nitrogens with zero attached hydrogens (tertiary/aromatic N) is 3. The van der Waals surface area contributed by atoms with Gasteiger partial charge in [-0.3, -0.25) is 0 Å². The number of nitrogen functional groups attached to an aromatic ring is 1. The standard InChI is InChI=1S/C37H54N4O3SSi2/c1-25-16-15-19-27(26-17-13-12-14-18-26)29(25)22-45-23-30-31(43-46(8,9)36(2,3)4)32(44-47(10,11)37(5,6)7)35(42-30)41-21-20-28-33(38)39-24-40-34(28)41/h12-21,24,30-32,35H,22-23H2,1-11H3,(H2,38,39,40)/t30-,31-,32-,35-/m1/s1. The van der Waals surface area contributed by atoms with E-state index < -0.39 is 22.9 Å². The van der Waals surface area contributed by atoms with Crippen LogP contribution in [-0.2, 0) is 19.3 Å². The zero-order valence-corrected chi connectivity index (χ0v) is 32.9. The van der Waals surface area contributed by atoms with Crippen molar-refractivity contribution in [2.75, 3.05) is 11.5 Å². The summed E-state index contributed by atoms with van der Waals surface area (Å²) < 4.78 is 23.9. The van der Waals surface area contributed by atoms with Crippen molar-refractivity contribution in [3.05, 3.63) is 78.2 Å². The normalized spacial score (nSPS) is 21.1. The first kappa shape index (κ1) is 35.8. The number of benzene rings is 2. The molecule has 0 aliphatic carbocycles. The van der Waals surface area contributed by atoms with Gasteiger partial charge in [0.25, 0.3) is 0 Å². The summed E-state index contributed by atoms with van der Waals surface area (Å²) in [7, 11) is -4.48. The van der Waals surface area contributed by atoms with Gasteiger partial charge in [-0.1, -0.05) is 90.1 Å². The molecule has 1 saturated heterocycles. The number of hydrogen-bond acceptors (Lipinski definition) is 7. The number of rotatable bonds is 10. The molecular formula is C37H54N4O3SSi2. The summed E-state index contributed by atoms with van der Waals surface area (Å²) in [5, 5.41) is 0.850. The van der Waals surface area contributed by atoms with Crippen molar-refractivity contribution in [2.24, 2.45) is 0 Å². The van der Waals surface area contributed by atoms with E-state index in [1.807, 2.05) is 24.0 Å². The first-order chi connectivity index (χ1) is 21.9. The highest BCUT2D eigenvalue weighted by Crippen LogP contribution is 2.47. The van der Waals surface area contributed by atoms with Gasteiger partial charge in [0.2, 0.25) is 0 Å². The predicted molar refractivity (Wildman–Crippen MR) is 203 cm³/mol. The van der Waals surface area contributed by atoms with E-state index in [0.29, 0.717) is 5.82 Å². The number of ether oxygens (including phenoxy) is 1. The van der Waals surface area contributed by atoms with Gasteiger partial charge >= 0.3 is 0 Å². The van der Waals surface area contributed by atoms with Crippen LogP contribution in [0.1, 0.15) is 58.9 Å². The van der Waals surface area contributed by atoms with Gasteiger partial charge in [0.15, 0.2) is 22.9 Å². The van der Waals surface area contributed by atoms with Gasteiger partial charge in [-0.15, -0.1) is 0 Å². The molecule has 2 aromatic heterocycles. The maximum absolute atomic E-state index is 7.36. The number of anilines is 1. The summed E-state index contributed by atoms with van der Waals surface area (Å²) in [5.74, 6) is 2.10. The first-order valence-electron chi connectivity index (χ1n) is 16.7. The summed E-state index contributed by atoms with van der Waals surface area (Å²) in [5.41, 5.74) is 12.2. The van der Waals surface area contributed by atoms with E-state index in [4.69, 9.17) is 19.3 Å². The number of thioether (sulfide) groups is 1. The Morgan fingerprint density at radius 2 is 1.49 bits per heavy atom. The van der Waals surface area contributed by atoms with Crippen molar-refractivity contribution < 1.29 is 13.6 Å². The summed E-state index contributed by atoms with van der Waals surface area (Å²) in [6.07, 6.45) is 2.37. The second-order valence-corrected chi connectivity index (χ2v) is 26.5. The highest BCUT2D eigenvalue weighted by atomic mass is 32.2. The maximum Gasteiger partial charge on any atom is 0.192 e. The molecule has 10 heteroatoms. The van der Waals surface area contributed by atoms with Crippen LogP contribution >= 0.6 is 11.8 Å². The number of aromatic nitrogens is 3. The Labute approximate surface area is 288 Å². The van der Waals surface area contributed by atoms with Crippen LogP contribution in [-0.4, -0.2) is 55.2 Å². The lowest BCUT2D eigenvalue weighted by Gasteiger charge is -2.44. The molecule has 3 heterocycles. The highest BCUT2D eigenvalue weighted by molar-refractivity contribution is 7.98. The van der Waals surface area contributed by atoms with Crippen LogP contribution in [0.2, 0.25) is 36.3 Å². The summed E-state index contributed by atoms with van der Waals surface area (Å²) in [4.78, 5) is 8.88. The first-order valence-corrected chi connectivity index (χ1v) is 23.7. The molecule has 0 unspecified atom stereocenters. The smallest absolute Gasteiger partial charge is 0.192 e. The Balaban J connectivity index is 1.53. The van der Waals surface area contributed by atoms with Crippen LogP contribution in [0.15, 0.2) is 67.1 Å². The topological polar surface area (TPSA) is 84.4 Å². The van der Waals surface area contributed by atoms with Gasteiger partial charge < -0.3 is 23.9 Å². The molecule has 1 fully saturated rings. The van der Waals surface area contributed by atoms with E-state index in [1.165, 1.54) is 28.6 Å². The zero-order valence-electron chi connectivity index (χ0n) is 30.1. The molecule has 0 spiro atoms. The van der Waals surface area contributed by atoms with Crippen molar-refractivity contribution in [3.63, 3.8) is 0 Å². The Hall–Kier alpha value is -2.48. The van der Waals surface area contributed by atoms with Crippen LogP contribution in [0.3, 0.4) is 0 Å². The van der Waals surface area contributed by atoms with Crippen molar-refractivity contribution >= 4 is 45.2 Å². The van der Waals surface area contributed by atoms with Gasteiger partial charge in [-0.2, -0.15) is 11.8 Å². The molecule has 0 amide bonds. The SMILES string of the molecule is Cc1cccc(-c2ccccc2)c1CSC[C@H]1O[C@@H](n2ccc3c(N)ncnc32)[C@H](O[Si](C)(C)C(C)(C)C)[C@@H]1O[Si](C)(C)C(C)(C)C. The van der Waals surface area contributed by atoms with E-state index in [-0.39, 0.29) is 28.4 Å². The van der Waals surface area contributed by atoms with E-state index >= 15 is 0 Å². The lowest BCUT2D eigenvalue weighted by molar-refractivity contribution is -0.0244. The van der Waals surface area contributed by atoms with Gasteiger partial charge in [-0.05, 0) is 71.5 Å². The van der Waals surface area contributed by atoms with Gasteiger partial charge in [0.1, 0.15) is 30.0 Å². The zero-order chi connectivity index (χ0) is 34.4. The van der Waals surface area contributed by atoms with Crippen LogP contribution in [0.5, 0.6) is 0 Å². The van der Waals surface area contributed by atoms with E-state index in [9.17, 15) is 0 Å². The molecule has 4 aromatic rings. The van der Waals surface area contributed by atoms with Crippen LogP contribution in [0.4, 0.5) is 5.82 Å². The largest absolute Gasteiger partial charge is 0.408 e. The van der Waals surface area contributed by atoms with E-state index in [1.54, 1.807) is 0 Å². The van der Waals surface area contributed by atoms with Crippen molar-refractivity contribution in [3.8, 4) is 11.1 Å². The minimum atomic E-state index is -2.25. The lowest BCUT2D eigenvalue weighted by atomic mass is 9.97. The van der Waals surface area contributed by atoms with Crippen LogP contribution in [0.25, 0.3) is 22.2 Å². The van der Waals surface area contributed by atoms with Crippen molar-refractivity contribution in [1.82, 2.24) is 14.5 Å². The average molecular weight is 691 g/mol. The third-order valence-electron chi connectivity index (χ3n) is 10.6. The molecule has 4 atom stereocenters. The highest BCUT2D eigenvalue weighted by Gasteiger charge is 2.54. The fraction of sp³-hybridized carbons (Fsp3) is 0.514. The minimum absolute atomic E-state index is 0.00986. The molecule has 7 nitrogen and oxygen atoms in total. The Morgan fingerprint density at radius 3 is 2.13 bits per heavy atom. The fourth-order valence-corrected chi connectivity index (χ4v) is 9.43. The molecular weight excluding hydrogens is 637 g/mol. The van der Waals surface area contributed by atoms with Crippen molar-refractivity contribution in [1.29, 1.82) is 0 Å².